The summed E-state index contributed by atoms with van der Waals surface area (Å²) in [6, 6.07) is 11.6. The lowest BCUT2D eigenvalue weighted by Crippen LogP contribution is -2.59. The number of carbonyl (C=O) groups excluding carboxylic acids is 2. The highest BCUT2D eigenvalue weighted by molar-refractivity contribution is 7.18. The van der Waals surface area contributed by atoms with E-state index in [1.165, 1.54) is 12.0 Å². The predicted octanol–water partition coefficient (Wildman–Crippen LogP) is 4.30. The summed E-state index contributed by atoms with van der Waals surface area (Å²) < 4.78 is 1.79. The average Bonchev–Trinajstić information content (AvgIpc) is 3.53. The molecule has 3 aromatic rings. The number of nitrogens with zero attached hydrogens (tertiary/aromatic N) is 6. The van der Waals surface area contributed by atoms with Crippen LogP contribution in [0.1, 0.15) is 55.5 Å². The van der Waals surface area contributed by atoms with Gasteiger partial charge in [0.1, 0.15) is 0 Å². The van der Waals surface area contributed by atoms with Crippen molar-refractivity contribution in [2.45, 2.75) is 44.7 Å². The lowest BCUT2D eigenvalue weighted by Gasteiger charge is -2.48. The molecule has 3 aliphatic rings. The van der Waals surface area contributed by atoms with Crippen molar-refractivity contribution in [1.82, 2.24) is 29.3 Å². The summed E-state index contributed by atoms with van der Waals surface area (Å²) in [7, 11) is 4.97. The van der Waals surface area contributed by atoms with Gasteiger partial charge in [-0.05, 0) is 80.0 Å². The summed E-state index contributed by atoms with van der Waals surface area (Å²) >= 11 is 0. The maximum Gasteiger partial charge on any atom is 0.253 e. The first kappa shape index (κ1) is 27.9. The van der Waals surface area contributed by atoms with Gasteiger partial charge in [0.15, 0.2) is 5.65 Å². The Morgan fingerprint density at radius 3 is 2.51 bits per heavy atom. The first-order valence-electron chi connectivity index (χ1n) is 14.5. The van der Waals surface area contributed by atoms with E-state index in [4.69, 9.17) is 4.98 Å². The molecule has 6 rings (SSSR count). The van der Waals surface area contributed by atoms with E-state index in [2.05, 4.69) is 57.6 Å². The highest BCUT2D eigenvalue weighted by atomic mass is 31.0. The van der Waals surface area contributed by atoms with Gasteiger partial charge in [0, 0.05) is 67.6 Å². The molecule has 0 bridgehead atoms. The number of hydrogen-bond acceptors (Lipinski definition) is 6. The van der Waals surface area contributed by atoms with Crippen LogP contribution in [-0.2, 0) is 4.79 Å². The Labute approximate surface area is 244 Å². The van der Waals surface area contributed by atoms with Gasteiger partial charge in [0.25, 0.3) is 5.91 Å². The van der Waals surface area contributed by atoms with E-state index < -0.39 is 0 Å². The monoisotopic (exact) mass is 573 g/mol. The molecule has 0 radical (unpaired) electrons. The number of hydrogen-bond donors (Lipinski definition) is 1. The van der Waals surface area contributed by atoms with Gasteiger partial charge < -0.3 is 20.0 Å². The molecule has 2 aromatic heterocycles. The fourth-order valence-electron chi connectivity index (χ4n) is 6.27. The zero-order valence-corrected chi connectivity index (χ0v) is 25.4. The van der Waals surface area contributed by atoms with Crippen molar-refractivity contribution in [3.05, 3.63) is 59.8 Å². The fraction of sp³-hybridized carbons (Fsp3) is 0.484. The average molecular weight is 574 g/mol. The molecule has 3 aliphatic heterocycles. The van der Waals surface area contributed by atoms with Crippen LogP contribution in [-0.4, -0.2) is 92.6 Å². The Bertz CT molecular complexity index is 1480. The zero-order valence-electron chi connectivity index (χ0n) is 24.3. The minimum atomic E-state index is 0.0749. The number of likely N-dealkylation sites (tertiary alicyclic amines) is 2. The van der Waals surface area contributed by atoms with Gasteiger partial charge in [0.05, 0.1) is 0 Å². The molecular weight excluding hydrogens is 533 g/mol. The smallest absolute Gasteiger partial charge is 0.253 e. The van der Waals surface area contributed by atoms with Crippen LogP contribution in [0.4, 0.5) is 11.6 Å². The molecule has 10 heteroatoms. The zero-order chi connectivity index (χ0) is 28.8. The molecule has 41 heavy (non-hydrogen) atoms. The molecule has 5 heterocycles. The first-order chi connectivity index (χ1) is 19.6. The summed E-state index contributed by atoms with van der Waals surface area (Å²) in [5, 5.41) is 8.00. The Hall–Kier alpha value is -3.29. The van der Waals surface area contributed by atoms with Gasteiger partial charge in [0.2, 0.25) is 11.9 Å². The van der Waals surface area contributed by atoms with E-state index in [0.717, 1.165) is 55.9 Å². The molecule has 1 atom stereocenters. The SMILES string of the molecule is CN1CCC2(C1)CN(C(=O)c1ccc(Nc3nc4c(C5=CCN(C(=O)CCC(C)(C)P)CC5)cccn4n3)cc1)C2. The van der Waals surface area contributed by atoms with Crippen molar-refractivity contribution in [3.8, 4) is 0 Å². The molecule has 0 saturated carbocycles. The Kier molecular flexibility index (Phi) is 7.37. The minimum absolute atomic E-state index is 0.0749. The lowest BCUT2D eigenvalue weighted by atomic mass is 9.79. The number of anilines is 2. The maximum atomic E-state index is 13.0. The molecule has 216 valence electrons. The number of carbonyl (C=O) groups is 2. The van der Waals surface area contributed by atoms with Crippen molar-refractivity contribution in [2.24, 2.45) is 5.41 Å². The molecule has 2 saturated heterocycles. The van der Waals surface area contributed by atoms with E-state index in [-0.39, 0.29) is 17.0 Å². The van der Waals surface area contributed by atoms with Crippen molar-refractivity contribution in [2.75, 3.05) is 51.6 Å². The highest BCUT2D eigenvalue weighted by Crippen LogP contribution is 2.39. The summed E-state index contributed by atoms with van der Waals surface area (Å²) in [4.78, 5) is 36.7. The van der Waals surface area contributed by atoms with Crippen LogP contribution in [0.5, 0.6) is 0 Å². The van der Waals surface area contributed by atoms with E-state index in [1.54, 1.807) is 4.52 Å². The largest absolute Gasteiger partial charge is 0.339 e. The molecule has 1 unspecified atom stereocenters. The summed E-state index contributed by atoms with van der Waals surface area (Å²) in [5.74, 6) is 0.812. The van der Waals surface area contributed by atoms with E-state index in [0.29, 0.717) is 36.4 Å². The quantitative estimate of drug-likeness (QED) is 0.425. The lowest BCUT2D eigenvalue weighted by molar-refractivity contribution is -0.131. The molecular formula is C31H40N7O2P. The van der Waals surface area contributed by atoms with Gasteiger partial charge >= 0.3 is 0 Å². The van der Waals surface area contributed by atoms with Gasteiger partial charge in [-0.1, -0.05) is 19.9 Å². The van der Waals surface area contributed by atoms with Gasteiger partial charge in [-0.3, -0.25) is 9.59 Å². The Morgan fingerprint density at radius 2 is 1.85 bits per heavy atom. The highest BCUT2D eigenvalue weighted by Gasteiger charge is 2.48. The van der Waals surface area contributed by atoms with Crippen LogP contribution < -0.4 is 5.32 Å². The molecule has 1 spiro atoms. The van der Waals surface area contributed by atoms with E-state index in [9.17, 15) is 9.59 Å². The first-order valence-corrected chi connectivity index (χ1v) is 15.1. The summed E-state index contributed by atoms with van der Waals surface area (Å²) in [6.07, 6.45) is 7.43. The standard InChI is InChI=1S/C31H40N7O2P/c1-30(2,41)13-10-26(39)36-16-11-22(12-17-36)25-5-4-15-38-27(25)33-29(34-38)32-24-8-6-23(7-9-24)28(40)37-20-31(21-37)14-18-35(3)19-31/h4-9,11,15H,10,12-14,16-21,41H2,1-3H3,(H,32,34). The van der Waals surface area contributed by atoms with Gasteiger partial charge in [-0.25, -0.2) is 4.52 Å². The number of amides is 2. The molecule has 2 amide bonds. The number of aromatic nitrogens is 3. The van der Waals surface area contributed by atoms with Crippen molar-refractivity contribution >= 4 is 43.9 Å². The second-order valence-corrected chi connectivity index (χ2v) is 14.3. The predicted molar refractivity (Wildman–Crippen MR) is 165 cm³/mol. The van der Waals surface area contributed by atoms with Crippen molar-refractivity contribution < 1.29 is 9.59 Å². The Balaban J connectivity index is 1.09. The number of rotatable bonds is 7. The van der Waals surface area contributed by atoms with Crippen LogP contribution in [0.2, 0.25) is 0 Å². The van der Waals surface area contributed by atoms with Crippen LogP contribution in [0.15, 0.2) is 48.7 Å². The Morgan fingerprint density at radius 1 is 1.07 bits per heavy atom. The van der Waals surface area contributed by atoms with Gasteiger partial charge in [-0.2, -0.15) is 4.98 Å². The molecule has 1 aromatic carbocycles. The third-order valence-corrected chi connectivity index (χ3v) is 8.90. The molecule has 1 N–H and O–H groups in total. The van der Waals surface area contributed by atoms with E-state index in [1.807, 2.05) is 46.3 Å². The van der Waals surface area contributed by atoms with Crippen LogP contribution in [0.25, 0.3) is 11.2 Å². The summed E-state index contributed by atoms with van der Waals surface area (Å²) in [5.41, 5.74) is 4.84. The van der Waals surface area contributed by atoms with E-state index >= 15 is 0 Å². The van der Waals surface area contributed by atoms with Crippen LogP contribution >= 0.6 is 9.24 Å². The number of nitrogens with one attached hydrogen (secondary N) is 1. The maximum absolute atomic E-state index is 13.0. The second kappa shape index (κ2) is 10.8. The van der Waals surface area contributed by atoms with Crippen molar-refractivity contribution in [1.29, 1.82) is 0 Å². The number of pyridine rings is 1. The minimum Gasteiger partial charge on any atom is -0.339 e. The number of fused-ring (bicyclic) bond motifs is 1. The summed E-state index contributed by atoms with van der Waals surface area (Å²) in [6.45, 7) is 9.50. The topological polar surface area (TPSA) is 86.1 Å². The molecule has 9 nitrogen and oxygen atoms in total. The van der Waals surface area contributed by atoms with Crippen LogP contribution in [0.3, 0.4) is 0 Å². The number of benzene rings is 1. The van der Waals surface area contributed by atoms with Gasteiger partial charge in [-0.15, -0.1) is 14.3 Å². The van der Waals surface area contributed by atoms with Crippen LogP contribution in [0, 0.1) is 5.41 Å². The second-order valence-electron chi connectivity index (χ2n) is 12.8. The molecule has 0 aliphatic carbocycles. The molecule has 2 fully saturated rings. The fourth-order valence-corrected chi connectivity index (χ4v) is 6.41. The normalized spacial score (nSPS) is 19.0. The van der Waals surface area contributed by atoms with Crippen molar-refractivity contribution in [3.63, 3.8) is 0 Å². The third-order valence-electron chi connectivity index (χ3n) is 8.61. The third kappa shape index (κ3) is 6.02.